The number of hydrogen-bond donors (Lipinski definition) is 1. The highest BCUT2D eigenvalue weighted by atomic mass is 16.5. The van der Waals surface area contributed by atoms with E-state index < -0.39 is 0 Å². The molecule has 0 amide bonds. The lowest BCUT2D eigenvalue weighted by atomic mass is 10.1. The molecule has 15 heavy (non-hydrogen) atoms. The van der Waals surface area contributed by atoms with Crippen molar-refractivity contribution in [3.8, 4) is 0 Å². The second-order valence-corrected chi connectivity index (χ2v) is 4.22. The van der Waals surface area contributed by atoms with E-state index in [0.29, 0.717) is 6.04 Å². The molecule has 88 valence electrons. The summed E-state index contributed by atoms with van der Waals surface area (Å²) < 4.78 is 5.44. The summed E-state index contributed by atoms with van der Waals surface area (Å²) in [4.78, 5) is 2.39. The first-order valence-corrected chi connectivity index (χ1v) is 5.93. The summed E-state index contributed by atoms with van der Waals surface area (Å²) in [5, 5.41) is 3.54. The van der Waals surface area contributed by atoms with Gasteiger partial charge in [0.1, 0.15) is 0 Å². The number of nitrogens with zero attached hydrogens (tertiary/aromatic N) is 1. The topological polar surface area (TPSA) is 24.5 Å². The van der Waals surface area contributed by atoms with Crippen LogP contribution in [0.4, 0.5) is 0 Å². The molecule has 3 nitrogen and oxygen atoms in total. The zero-order valence-corrected chi connectivity index (χ0v) is 9.87. The lowest BCUT2D eigenvalue weighted by molar-refractivity contribution is 0.134. The summed E-state index contributed by atoms with van der Waals surface area (Å²) in [6.45, 7) is 8.69. The van der Waals surface area contributed by atoms with E-state index in [9.17, 15) is 0 Å². The van der Waals surface area contributed by atoms with Crippen molar-refractivity contribution >= 4 is 0 Å². The van der Waals surface area contributed by atoms with Crippen LogP contribution in [0.3, 0.4) is 0 Å². The number of likely N-dealkylation sites (tertiary alicyclic amines) is 1. The van der Waals surface area contributed by atoms with Gasteiger partial charge in [0.05, 0.1) is 13.2 Å². The summed E-state index contributed by atoms with van der Waals surface area (Å²) in [7, 11) is 2.19. The molecule has 0 aliphatic carbocycles. The summed E-state index contributed by atoms with van der Waals surface area (Å²) >= 11 is 0. The minimum absolute atomic E-state index is 0.698. The molecule has 1 aliphatic heterocycles. The molecular weight excluding hydrogens is 188 g/mol. The average molecular weight is 212 g/mol. The van der Waals surface area contributed by atoms with Crippen LogP contribution in [0.5, 0.6) is 0 Å². The van der Waals surface area contributed by atoms with Crippen molar-refractivity contribution in [2.75, 3.05) is 39.9 Å². The molecule has 0 unspecified atom stereocenters. The minimum atomic E-state index is 0.698. The molecule has 0 bridgehead atoms. The maximum absolute atomic E-state index is 5.44. The molecule has 1 saturated heterocycles. The summed E-state index contributed by atoms with van der Waals surface area (Å²) in [6, 6.07) is 0.698. The Bertz CT molecular complexity index is 165. The lowest BCUT2D eigenvalue weighted by Crippen LogP contribution is -2.41. The van der Waals surface area contributed by atoms with Crippen LogP contribution in [0.15, 0.2) is 12.7 Å². The van der Waals surface area contributed by atoms with Gasteiger partial charge in [-0.15, -0.1) is 6.58 Å². The molecule has 3 heteroatoms. The van der Waals surface area contributed by atoms with Gasteiger partial charge in [-0.25, -0.2) is 0 Å². The molecule has 0 aromatic carbocycles. The second kappa shape index (κ2) is 7.85. The molecule has 0 radical (unpaired) electrons. The number of rotatable bonds is 7. The molecule has 0 aromatic heterocycles. The van der Waals surface area contributed by atoms with Crippen LogP contribution >= 0.6 is 0 Å². The third-order valence-electron chi connectivity index (χ3n) is 2.86. The van der Waals surface area contributed by atoms with Gasteiger partial charge in [0.25, 0.3) is 0 Å². The first-order valence-electron chi connectivity index (χ1n) is 5.93. The van der Waals surface area contributed by atoms with E-state index in [1.165, 1.54) is 25.9 Å². The Morgan fingerprint density at radius 1 is 1.40 bits per heavy atom. The third kappa shape index (κ3) is 5.92. The molecular formula is C12H24N2O. The Morgan fingerprint density at radius 2 is 2.13 bits per heavy atom. The van der Waals surface area contributed by atoms with Gasteiger partial charge in [0.2, 0.25) is 0 Å². The molecule has 1 heterocycles. The summed E-state index contributed by atoms with van der Waals surface area (Å²) in [5.41, 5.74) is 0. The lowest BCUT2D eigenvalue weighted by Gasteiger charge is -2.29. The predicted octanol–water partition coefficient (Wildman–Crippen LogP) is 1.26. The average Bonchev–Trinajstić information content (AvgIpc) is 2.26. The smallest absolute Gasteiger partial charge is 0.0591 e. The molecule has 1 rings (SSSR count). The number of piperidine rings is 1. The highest BCUT2D eigenvalue weighted by Gasteiger charge is 2.15. The normalized spacial score (nSPS) is 19.3. The van der Waals surface area contributed by atoms with Crippen LogP contribution < -0.4 is 5.32 Å². The zero-order valence-electron chi connectivity index (χ0n) is 9.87. The highest BCUT2D eigenvalue weighted by molar-refractivity contribution is 4.75. The fourth-order valence-corrected chi connectivity index (χ4v) is 1.82. The van der Waals surface area contributed by atoms with Gasteiger partial charge in [0.15, 0.2) is 0 Å². The Labute approximate surface area is 93.5 Å². The SMILES string of the molecule is C=CCCOCCNC1CCN(C)CC1. The van der Waals surface area contributed by atoms with Gasteiger partial charge >= 0.3 is 0 Å². The maximum Gasteiger partial charge on any atom is 0.0591 e. The second-order valence-electron chi connectivity index (χ2n) is 4.22. The van der Waals surface area contributed by atoms with Gasteiger partial charge < -0.3 is 15.0 Å². The van der Waals surface area contributed by atoms with E-state index in [2.05, 4.69) is 23.8 Å². The van der Waals surface area contributed by atoms with Crippen LogP contribution in [0.25, 0.3) is 0 Å². The fourth-order valence-electron chi connectivity index (χ4n) is 1.82. The van der Waals surface area contributed by atoms with Gasteiger partial charge in [-0.05, 0) is 39.4 Å². The first-order chi connectivity index (χ1) is 7.33. The highest BCUT2D eigenvalue weighted by Crippen LogP contribution is 2.07. The molecule has 0 saturated carbocycles. The Morgan fingerprint density at radius 3 is 2.80 bits per heavy atom. The first kappa shape index (κ1) is 12.7. The van der Waals surface area contributed by atoms with Crippen molar-refractivity contribution in [1.29, 1.82) is 0 Å². The monoisotopic (exact) mass is 212 g/mol. The van der Waals surface area contributed by atoms with E-state index in [1.807, 2.05) is 6.08 Å². The zero-order chi connectivity index (χ0) is 10.9. The van der Waals surface area contributed by atoms with Crippen molar-refractivity contribution in [3.63, 3.8) is 0 Å². The van der Waals surface area contributed by atoms with Gasteiger partial charge in [-0.3, -0.25) is 0 Å². The molecule has 1 N–H and O–H groups in total. The summed E-state index contributed by atoms with van der Waals surface area (Å²) in [5.74, 6) is 0. The molecule has 0 aromatic rings. The van der Waals surface area contributed by atoms with Crippen molar-refractivity contribution in [1.82, 2.24) is 10.2 Å². The van der Waals surface area contributed by atoms with Crippen molar-refractivity contribution in [3.05, 3.63) is 12.7 Å². The summed E-state index contributed by atoms with van der Waals surface area (Å²) in [6.07, 6.45) is 5.38. The molecule has 0 atom stereocenters. The predicted molar refractivity (Wildman–Crippen MR) is 64.2 cm³/mol. The fraction of sp³-hybridized carbons (Fsp3) is 0.833. The molecule has 1 fully saturated rings. The van der Waals surface area contributed by atoms with E-state index in [-0.39, 0.29) is 0 Å². The van der Waals surface area contributed by atoms with Crippen molar-refractivity contribution in [2.24, 2.45) is 0 Å². The quantitative estimate of drug-likeness (QED) is 0.508. The van der Waals surface area contributed by atoms with Crippen molar-refractivity contribution < 1.29 is 4.74 Å². The molecule has 0 spiro atoms. The van der Waals surface area contributed by atoms with Crippen LogP contribution in [-0.2, 0) is 4.74 Å². The van der Waals surface area contributed by atoms with E-state index in [4.69, 9.17) is 4.74 Å². The maximum atomic E-state index is 5.44. The molecule has 1 aliphatic rings. The van der Waals surface area contributed by atoms with E-state index >= 15 is 0 Å². The standard InChI is InChI=1S/C12H24N2O/c1-3-4-10-15-11-7-13-12-5-8-14(2)9-6-12/h3,12-13H,1,4-11H2,2H3. The Balaban J connectivity index is 1.89. The van der Waals surface area contributed by atoms with E-state index in [0.717, 1.165) is 26.2 Å². The Hall–Kier alpha value is -0.380. The van der Waals surface area contributed by atoms with Crippen LogP contribution in [-0.4, -0.2) is 50.8 Å². The largest absolute Gasteiger partial charge is 0.380 e. The van der Waals surface area contributed by atoms with E-state index in [1.54, 1.807) is 0 Å². The van der Waals surface area contributed by atoms with Gasteiger partial charge in [-0.1, -0.05) is 6.08 Å². The van der Waals surface area contributed by atoms with Crippen LogP contribution in [0, 0.1) is 0 Å². The third-order valence-corrected chi connectivity index (χ3v) is 2.86. The van der Waals surface area contributed by atoms with Gasteiger partial charge in [-0.2, -0.15) is 0 Å². The Kier molecular flexibility index (Phi) is 6.64. The number of hydrogen-bond acceptors (Lipinski definition) is 3. The van der Waals surface area contributed by atoms with Crippen molar-refractivity contribution in [2.45, 2.75) is 25.3 Å². The van der Waals surface area contributed by atoms with Gasteiger partial charge in [0, 0.05) is 12.6 Å². The van der Waals surface area contributed by atoms with Crippen LogP contribution in [0.1, 0.15) is 19.3 Å². The minimum Gasteiger partial charge on any atom is -0.380 e. The number of nitrogens with one attached hydrogen (secondary N) is 1. The van der Waals surface area contributed by atoms with Crippen LogP contribution in [0.2, 0.25) is 0 Å². The number of ether oxygens (including phenoxy) is 1.